The number of rotatable bonds is 3. The van der Waals surface area contributed by atoms with Crippen LogP contribution in [0.25, 0.3) is 0 Å². The number of aryl methyl sites for hydroxylation is 2. The van der Waals surface area contributed by atoms with Crippen LogP contribution in [0.4, 0.5) is 0 Å². The van der Waals surface area contributed by atoms with Gasteiger partial charge >= 0.3 is 0 Å². The maximum absolute atomic E-state index is 12.1. The van der Waals surface area contributed by atoms with Crippen molar-refractivity contribution in [3.05, 3.63) is 21.4 Å². The van der Waals surface area contributed by atoms with Gasteiger partial charge in [0, 0.05) is 4.88 Å². The van der Waals surface area contributed by atoms with E-state index >= 15 is 0 Å². The van der Waals surface area contributed by atoms with E-state index in [4.69, 9.17) is 0 Å². The van der Waals surface area contributed by atoms with Gasteiger partial charge in [-0.05, 0) is 31.4 Å². The minimum absolute atomic E-state index is 0.0657. The molecular weight excluding hydrogens is 234 g/mol. The molecule has 0 atom stereocenters. The molecule has 1 aromatic heterocycles. The first kappa shape index (κ1) is 12.6. The lowest BCUT2D eigenvalue weighted by molar-refractivity contribution is -0.0824. The first-order chi connectivity index (χ1) is 7.99. The van der Waals surface area contributed by atoms with Crippen molar-refractivity contribution in [3.63, 3.8) is 0 Å². The average Bonchev–Trinajstić information content (AvgIpc) is 2.65. The fourth-order valence-corrected chi connectivity index (χ4v) is 3.25. The van der Waals surface area contributed by atoms with Crippen molar-refractivity contribution in [2.24, 2.45) is 0 Å². The SMILES string of the molecule is CCc1cc(C(=O)N2CC(O)(CC)C2)sc1C. The van der Waals surface area contributed by atoms with E-state index in [9.17, 15) is 9.90 Å². The second kappa shape index (κ2) is 4.42. The van der Waals surface area contributed by atoms with E-state index in [0.717, 1.165) is 11.3 Å². The quantitative estimate of drug-likeness (QED) is 0.897. The summed E-state index contributed by atoms with van der Waals surface area (Å²) in [6, 6.07) is 1.99. The van der Waals surface area contributed by atoms with E-state index in [1.807, 2.05) is 13.0 Å². The lowest BCUT2D eigenvalue weighted by Crippen LogP contribution is -2.63. The summed E-state index contributed by atoms with van der Waals surface area (Å²) >= 11 is 1.56. The van der Waals surface area contributed by atoms with E-state index < -0.39 is 5.60 Å². The maximum Gasteiger partial charge on any atom is 0.264 e. The molecule has 1 aromatic rings. The Balaban J connectivity index is 2.06. The van der Waals surface area contributed by atoms with Crippen molar-refractivity contribution in [2.45, 2.75) is 39.2 Å². The third-order valence-corrected chi connectivity index (χ3v) is 4.61. The normalized spacial score (nSPS) is 18.0. The summed E-state index contributed by atoms with van der Waals surface area (Å²) < 4.78 is 0. The second-order valence-electron chi connectivity index (χ2n) is 4.78. The molecule has 2 heterocycles. The third kappa shape index (κ3) is 2.24. The van der Waals surface area contributed by atoms with Crippen LogP contribution in [-0.4, -0.2) is 34.6 Å². The highest BCUT2D eigenvalue weighted by molar-refractivity contribution is 7.14. The Hall–Kier alpha value is -0.870. The van der Waals surface area contributed by atoms with Gasteiger partial charge in [0.25, 0.3) is 5.91 Å². The molecule has 0 unspecified atom stereocenters. The standard InChI is InChI=1S/C13H19NO2S/c1-4-10-6-11(17-9(10)3)12(15)14-7-13(16,5-2)8-14/h6,16H,4-5,7-8H2,1-3H3. The van der Waals surface area contributed by atoms with E-state index in [1.54, 1.807) is 16.2 Å². The Morgan fingerprint density at radius 2 is 2.18 bits per heavy atom. The van der Waals surface area contributed by atoms with Crippen LogP contribution in [-0.2, 0) is 6.42 Å². The van der Waals surface area contributed by atoms with Crippen molar-refractivity contribution in [3.8, 4) is 0 Å². The van der Waals surface area contributed by atoms with Gasteiger partial charge < -0.3 is 10.0 Å². The van der Waals surface area contributed by atoms with Gasteiger partial charge in [0.2, 0.25) is 0 Å². The summed E-state index contributed by atoms with van der Waals surface area (Å²) in [7, 11) is 0. The summed E-state index contributed by atoms with van der Waals surface area (Å²) in [5, 5.41) is 9.90. The van der Waals surface area contributed by atoms with Gasteiger partial charge in [0.15, 0.2) is 0 Å². The number of aliphatic hydroxyl groups is 1. The molecule has 0 radical (unpaired) electrons. The van der Waals surface area contributed by atoms with Crippen LogP contribution in [0.2, 0.25) is 0 Å². The van der Waals surface area contributed by atoms with Gasteiger partial charge in [-0.3, -0.25) is 4.79 Å². The van der Waals surface area contributed by atoms with Gasteiger partial charge in [-0.25, -0.2) is 0 Å². The number of nitrogens with zero attached hydrogens (tertiary/aromatic N) is 1. The zero-order valence-corrected chi connectivity index (χ0v) is 11.4. The van der Waals surface area contributed by atoms with E-state index in [2.05, 4.69) is 13.8 Å². The first-order valence-corrected chi connectivity index (χ1v) is 6.91. The van der Waals surface area contributed by atoms with Gasteiger partial charge in [0.1, 0.15) is 0 Å². The first-order valence-electron chi connectivity index (χ1n) is 6.10. The fraction of sp³-hybridized carbons (Fsp3) is 0.615. The van der Waals surface area contributed by atoms with Crippen LogP contribution in [0.1, 0.15) is 40.4 Å². The van der Waals surface area contributed by atoms with Crippen LogP contribution in [0.15, 0.2) is 6.07 Å². The Kier molecular flexibility index (Phi) is 3.27. The zero-order chi connectivity index (χ0) is 12.6. The second-order valence-corrected chi connectivity index (χ2v) is 6.04. The summed E-state index contributed by atoms with van der Waals surface area (Å²) in [5.74, 6) is 0.0657. The Morgan fingerprint density at radius 3 is 2.65 bits per heavy atom. The zero-order valence-electron chi connectivity index (χ0n) is 10.6. The van der Waals surface area contributed by atoms with E-state index in [-0.39, 0.29) is 5.91 Å². The maximum atomic E-state index is 12.1. The smallest absolute Gasteiger partial charge is 0.264 e. The van der Waals surface area contributed by atoms with Gasteiger partial charge in [-0.2, -0.15) is 0 Å². The molecule has 0 bridgehead atoms. The Bertz CT molecular complexity index is 433. The Morgan fingerprint density at radius 1 is 1.53 bits per heavy atom. The number of hydrogen-bond donors (Lipinski definition) is 1. The molecule has 1 amide bonds. The Labute approximate surface area is 106 Å². The van der Waals surface area contributed by atoms with Crippen LogP contribution in [0.5, 0.6) is 0 Å². The lowest BCUT2D eigenvalue weighted by atomic mass is 9.91. The molecule has 1 saturated heterocycles. The molecule has 0 aromatic carbocycles. The van der Waals surface area contributed by atoms with Crippen molar-refractivity contribution < 1.29 is 9.90 Å². The average molecular weight is 253 g/mol. The number of thiophene rings is 1. The molecule has 3 nitrogen and oxygen atoms in total. The minimum Gasteiger partial charge on any atom is -0.386 e. The highest BCUT2D eigenvalue weighted by Gasteiger charge is 2.42. The van der Waals surface area contributed by atoms with E-state index in [1.165, 1.54) is 10.4 Å². The predicted octanol–water partition coefficient (Wildman–Crippen LogP) is 2.22. The van der Waals surface area contributed by atoms with Gasteiger partial charge in [0.05, 0.1) is 23.6 Å². The topological polar surface area (TPSA) is 40.5 Å². The molecule has 1 aliphatic heterocycles. The highest BCUT2D eigenvalue weighted by atomic mass is 32.1. The van der Waals surface area contributed by atoms with E-state index in [0.29, 0.717) is 19.5 Å². The number of carbonyl (C=O) groups excluding carboxylic acids is 1. The highest BCUT2D eigenvalue weighted by Crippen LogP contribution is 2.29. The fourth-order valence-electron chi connectivity index (χ4n) is 2.16. The molecular formula is C13H19NO2S. The summed E-state index contributed by atoms with van der Waals surface area (Å²) in [6.45, 7) is 7.05. The monoisotopic (exact) mass is 253 g/mol. The lowest BCUT2D eigenvalue weighted by Gasteiger charge is -2.45. The molecule has 0 aliphatic carbocycles. The van der Waals surface area contributed by atoms with Crippen LogP contribution in [0.3, 0.4) is 0 Å². The molecule has 0 spiro atoms. The van der Waals surface area contributed by atoms with Crippen molar-refractivity contribution in [1.82, 2.24) is 4.90 Å². The molecule has 1 N–H and O–H groups in total. The van der Waals surface area contributed by atoms with Gasteiger partial charge in [-0.15, -0.1) is 11.3 Å². The third-order valence-electron chi connectivity index (χ3n) is 3.53. The minimum atomic E-state index is -0.643. The van der Waals surface area contributed by atoms with Crippen molar-refractivity contribution >= 4 is 17.2 Å². The summed E-state index contributed by atoms with van der Waals surface area (Å²) in [4.78, 5) is 15.9. The molecule has 1 aliphatic rings. The van der Waals surface area contributed by atoms with Crippen molar-refractivity contribution in [1.29, 1.82) is 0 Å². The van der Waals surface area contributed by atoms with Crippen LogP contribution >= 0.6 is 11.3 Å². The number of β-amino-alcohol motifs (C(OH)–C–C–N with tert-alkyl or cyclic N) is 1. The van der Waals surface area contributed by atoms with Crippen molar-refractivity contribution in [2.75, 3.05) is 13.1 Å². The largest absolute Gasteiger partial charge is 0.386 e. The molecule has 1 fully saturated rings. The molecule has 17 heavy (non-hydrogen) atoms. The number of likely N-dealkylation sites (tertiary alicyclic amines) is 1. The van der Waals surface area contributed by atoms with Gasteiger partial charge in [-0.1, -0.05) is 13.8 Å². The molecule has 2 rings (SSSR count). The summed E-state index contributed by atoms with van der Waals surface area (Å²) in [6.07, 6.45) is 1.68. The van der Waals surface area contributed by atoms with Crippen LogP contribution in [0, 0.1) is 6.92 Å². The molecule has 4 heteroatoms. The summed E-state index contributed by atoms with van der Waals surface area (Å²) in [5.41, 5.74) is 0.611. The molecule has 0 saturated carbocycles. The van der Waals surface area contributed by atoms with Crippen LogP contribution < -0.4 is 0 Å². The number of amides is 1. The molecule has 94 valence electrons. The number of carbonyl (C=O) groups is 1. The predicted molar refractivity (Wildman–Crippen MR) is 69.6 cm³/mol. The number of hydrogen-bond acceptors (Lipinski definition) is 3.